The van der Waals surface area contributed by atoms with E-state index in [1.807, 2.05) is 24.3 Å². The predicted octanol–water partition coefficient (Wildman–Crippen LogP) is 2.86. The molecule has 0 spiro atoms. The van der Waals surface area contributed by atoms with Gasteiger partial charge in [0.1, 0.15) is 18.2 Å². The number of aliphatic hydroxyl groups excluding tert-OH is 2. The molecule has 1 aromatic heterocycles. The van der Waals surface area contributed by atoms with Gasteiger partial charge in [-0.2, -0.15) is 8.78 Å². The number of imidazole rings is 1. The predicted molar refractivity (Wildman–Crippen MR) is 83.7 cm³/mol. The Kier molecular flexibility index (Phi) is 4.73. The normalized spacial score (nSPS) is 12.7. The average molecular weight is 334 g/mol. The van der Waals surface area contributed by atoms with Crippen LogP contribution in [0.5, 0.6) is 5.75 Å². The van der Waals surface area contributed by atoms with Crippen LogP contribution in [0.25, 0.3) is 11.0 Å². The van der Waals surface area contributed by atoms with E-state index in [1.165, 1.54) is 24.3 Å². The number of benzene rings is 2. The second kappa shape index (κ2) is 6.94. The van der Waals surface area contributed by atoms with Crippen molar-refractivity contribution in [3.8, 4) is 5.75 Å². The van der Waals surface area contributed by atoms with Crippen molar-refractivity contribution >= 4 is 11.0 Å². The minimum atomic E-state index is -2.88. The molecule has 0 unspecified atom stereocenters. The number of ether oxygens (including phenoxy) is 1. The molecule has 7 heteroatoms. The highest BCUT2D eigenvalue weighted by atomic mass is 19.3. The van der Waals surface area contributed by atoms with E-state index >= 15 is 0 Å². The Morgan fingerprint density at radius 1 is 1.08 bits per heavy atom. The van der Waals surface area contributed by atoms with Gasteiger partial charge in [0.2, 0.25) is 0 Å². The molecule has 0 amide bonds. The van der Waals surface area contributed by atoms with Crippen molar-refractivity contribution in [3.63, 3.8) is 0 Å². The third-order valence-corrected chi connectivity index (χ3v) is 3.72. The molecule has 3 aromatic rings. The second-order valence-corrected chi connectivity index (χ2v) is 5.25. The van der Waals surface area contributed by atoms with E-state index in [9.17, 15) is 19.0 Å². The van der Waals surface area contributed by atoms with Crippen molar-refractivity contribution in [2.45, 2.75) is 25.9 Å². The number of nitrogens with zero attached hydrogens (tertiary/aromatic N) is 2. The monoisotopic (exact) mass is 334 g/mol. The van der Waals surface area contributed by atoms with Crippen molar-refractivity contribution in [1.29, 1.82) is 0 Å². The molecule has 0 saturated heterocycles. The molecule has 24 heavy (non-hydrogen) atoms. The molecular weight excluding hydrogens is 318 g/mol. The van der Waals surface area contributed by atoms with Gasteiger partial charge in [-0.25, -0.2) is 4.98 Å². The van der Waals surface area contributed by atoms with Crippen LogP contribution in [0.4, 0.5) is 8.78 Å². The molecular formula is C17H16F2N2O3. The Morgan fingerprint density at radius 3 is 2.46 bits per heavy atom. The molecule has 0 radical (unpaired) electrons. The Bertz CT molecular complexity index is 818. The Hall–Kier alpha value is -2.51. The average Bonchev–Trinajstić information content (AvgIpc) is 2.93. The lowest BCUT2D eigenvalue weighted by Crippen LogP contribution is -2.12. The summed E-state index contributed by atoms with van der Waals surface area (Å²) >= 11 is 0. The lowest BCUT2D eigenvalue weighted by Gasteiger charge is -2.15. The summed E-state index contributed by atoms with van der Waals surface area (Å²) in [6.07, 6.45) is -0.881. The lowest BCUT2D eigenvalue weighted by molar-refractivity contribution is -0.0498. The third-order valence-electron chi connectivity index (χ3n) is 3.72. The van der Waals surface area contributed by atoms with Gasteiger partial charge in [-0.1, -0.05) is 24.3 Å². The number of fused-ring (bicyclic) bond motifs is 1. The summed E-state index contributed by atoms with van der Waals surface area (Å²) in [5.74, 6) is 0.484. The van der Waals surface area contributed by atoms with Gasteiger partial charge in [0, 0.05) is 0 Å². The van der Waals surface area contributed by atoms with Crippen molar-refractivity contribution in [2.24, 2.45) is 0 Å². The van der Waals surface area contributed by atoms with Crippen molar-refractivity contribution < 1.29 is 23.7 Å². The zero-order valence-corrected chi connectivity index (χ0v) is 12.6. The molecule has 1 heterocycles. The van der Waals surface area contributed by atoms with Crippen LogP contribution in [0.3, 0.4) is 0 Å². The van der Waals surface area contributed by atoms with E-state index in [1.54, 1.807) is 4.57 Å². The number of para-hydroxylation sites is 2. The first-order valence-electron chi connectivity index (χ1n) is 7.36. The highest BCUT2D eigenvalue weighted by Gasteiger charge is 2.15. The van der Waals surface area contributed by atoms with Crippen molar-refractivity contribution in [2.75, 3.05) is 0 Å². The van der Waals surface area contributed by atoms with Crippen LogP contribution < -0.4 is 4.74 Å². The van der Waals surface area contributed by atoms with Crippen molar-refractivity contribution in [1.82, 2.24) is 9.55 Å². The van der Waals surface area contributed by atoms with Gasteiger partial charge in [0.05, 0.1) is 23.7 Å². The van der Waals surface area contributed by atoms with E-state index in [-0.39, 0.29) is 18.9 Å². The summed E-state index contributed by atoms with van der Waals surface area (Å²) in [7, 11) is 0. The number of hydrogen-bond donors (Lipinski definition) is 2. The molecule has 0 aliphatic rings. The Morgan fingerprint density at radius 2 is 1.79 bits per heavy atom. The minimum absolute atomic E-state index is 0.0325. The minimum Gasteiger partial charge on any atom is -0.435 e. The van der Waals surface area contributed by atoms with Gasteiger partial charge in [0.15, 0.2) is 0 Å². The van der Waals surface area contributed by atoms with Crippen LogP contribution in [0.1, 0.15) is 17.5 Å². The molecule has 0 saturated carbocycles. The maximum absolute atomic E-state index is 12.2. The van der Waals surface area contributed by atoms with Gasteiger partial charge in [-0.05, 0) is 29.8 Å². The fraction of sp³-hybridized carbons (Fsp3) is 0.235. The van der Waals surface area contributed by atoms with Crippen LogP contribution in [-0.4, -0.2) is 26.4 Å². The zero-order valence-electron chi connectivity index (χ0n) is 12.6. The third kappa shape index (κ3) is 3.37. The summed E-state index contributed by atoms with van der Waals surface area (Å²) in [5.41, 5.74) is 2.09. The Balaban J connectivity index is 1.83. The quantitative estimate of drug-likeness (QED) is 0.727. The van der Waals surface area contributed by atoms with Gasteiger partial charge in [-0.15, -0.1) is 0 Å². The van der Waals surface area contributed by atoms with E-state index in [2.05, 4.69) is 9.72 Å². The van der Waals surface area contributed by atoms with Gasteiger partial charge >= 0.3 is 6.61 Å². The first kappa shape index (κ1) is 16.4. The summed E-state index contributed by atoms with van der Waals surface area (Å²) in [5, 5.41) is 19.9. The first-order chi connectivity index (χ1) is 11.6. The lowest BCUT2D eigenvalue weighted by atomic mass is 10.1. The number of hydrogen-bond acceptors (Lipinski definition) is 4. The standard InChI is InChI=1S/C17H16F2N2O3/c18-17(19)24-12-7-5-11(6-8-12)15(23)9-21-14-4-2-1-3-13(14)20-16(21)10-22/h1-8,15,17,22-23H,9-10H2/t15-/m0/s1. The molecule has 3 rings (SSSR count). The van der Waals surface area contributed by atoms with Crippen LogP contribution in [-0.2, 0) is 13.2 Å². The topological polar surface area (TPSA) is 67.5 Å². The highest BCUT2D eigenvalue weighted by molar-refractivity contribution is 5.75. The SMILES string of the molecule is OCc1nc2ccccc2n1C[C@H](O)c1ccc(OC(F)F)cc1. The number of rotatable bonds is 6. The van der Waals surface area contributed by atoms with Gasteiger partial charge in [-0.3, -0.25) is 0 Å². The van der Waals surface area contributed by atoms with E-state index in [0.717, 1.165) is 11.0 Å². The van der Waals surface area contributed by atoms with Crippen LogP contribution in [0.15, 0.2) is 48.5 Å². The molecule has 2 aromatic carbocycles. The summed E-state index contributed by atoms with van der Waals surface area (Å²) in [6.45, 7) is -2.95. The number of alkyl halides is 2. The molecule has 0 aliphatic carbocycles. The van der Waals surface area contributed by atoms with E-state index in [0.29, 0.717) is 11.4 Å². The van der Waals surface area contributed by atoms with Crippen LogP contribution >= 0.6 is 0 Å². The number of aliphatic hydroxyl groups is 2. The molecule has 126 valence electrons. The van der Waals surface area contributed by atoms with Gasteiger partial charge in [0.25, 0.3) is 0 Å². The maximum atomic E-state index is 12.2. The molecule has 0 fully saturated rings. The zero-order chi connectivity index (χ0) is 17.1. The molecule has 0 bridgehead atoms. The number of halogens is 2. The Labute approximate surface area is 136 Å². The maximum Gasteiger partial charge on any atom is 0.387 e. The second-order valence-electron chi connectivity index (χ2n) is 5.25. The fourth-order valence-electron chi connectivity index (χ4n) is 2.60. The summed E-state index contributed by atoms with van der Waals surface area (Å²) < 4.78 is 30.3. The van der Waals surface area contributed by atoms with Crippen molar-refractivity contribution in [3.05, 3.63) is 59.9 Å². The first-order valence-corrected chi connectivity index (χ1v) is 7.36. The van der Waals surface area contributed by atoms with Crippen LogP contribution in [0.2, 0.25) is 0 Å². The van der Waals surface area contributed by atoms with E-state index in [4.69, 9.17) is 0 Å². The molecule has 1 atom stereocenters. The summed E-state index contributed by atoms with van der Waals surface area (Å²) in [6, 6.07) is 13.2. The summed E-state index contributed by atoms with van der Waals surface area (Å²) in [4.78, 5) is 4.32. The van der Waals surface area contributed by atoms with E-state index < -0.39 is 12.7 Å². The van der Waals surface area contributed by atoms with Crippen LogP contribution in [0, 0.1) is 0 Å². The number of aromatic nitrogens is 2. The molecule has 0 aliphatic heterocycles. The fourth-order valence-corrected chi connectivity index (χ4v) is 2.60. The molecule has 2 N–H and O–H groups in total. The molecule has 5 nitrogen and oxygen atoms in total. The largest absolute Gasteiger partial charge is 0.435 e. The van der Waals surface area contributed by atoms with Gasteiger partial charge < -0.3 is 19.5 Å². The smallest absolute Gasteiger partial charge is 0.387 e. The highest BCUT2D eigenvalue weighted by Crippen LogP contribution is 2.23.